The van der Waals surface area contributed by atoms with Gasteiger partial charge in [-0.15, -0.1) is 0 Å². The Kier molecular flexibility index (Phi) is 2.16. The van der Waals surface area contributed by atoms with Gasteiger partial charge in [-0.1, -0.05) is 18.1 Å². The molecule has 0 heterocycles. The van der Waals surface area contributed by atoms with Gasteiger partial charge in [0.2, 0.25) is 0 Å². The van der Waals surface area contributed by atoms with E-state index in [1.807, 2.05) is 0 Å². The number of hydrogen-bond donors (Lipinski definition) is 1. The van der Waals surface area contributed by atoms with Crippen LogP contribution in [0.3, 0.4) is 0 Å². The minimum absolute atomic E-state index is 0.122. The van der Waals surface area contributed by atoms with Gasteiger partial charge in [-0.25, -0.2) is 0 Å². The first kappa shape index (κ1) is 8.96. The van der Waals surface area contributed by atoms with Crippen LogP contribution in [0.4, 0.5) is 0 Å². The number of aliphatic hydroxyl groups is 1. The molecule has 14 heavy (non-hydrogen) atoms. The van der Waals surface area contributed by atoms with Crippen LogP contribution in [0.2, 0.25) is 0 Å². The maximum absolute atomic E-state index is 9.43. The maximum Gasteiger partial charge on any atom is 0.0726 e. The highest BCUT2D eigenvalue weighted by atomic mass is 16.3. The average molecular weight is 192 g/mol. The Balaban J connectivity index is 1.60. The second-order valence-corrected chi connectivity index (χ2v) is 5.57. The molecule has 0 radical (unpaired) electrons. The molecule has 4 atom stereocenters. The predicted octanol–water partition coefficient (Wildman–Crippen LogP) is 2.89. The lowest BCUT2D eigenvalue weighted by Gasteiger charge is -2.21. The summed E-state index contributed by atoms with van der Waals surface area (Å²) in [5.74, 6) is 3.08. The van der Waals surface area contributed by atoms with Crippen molar-refractivity contribution in [1.82, 2.24) is 0 Å². The van der Waals surface area contributed by atoms with Gasteiger partial charge in [-0.2, -0.15) is 0 Å². The van der Waals surface area contributed by atoms with Gasteiger partial charge < -0.3 is 5.11 Å². The van der Waals surface area contributed by atoms with Gasteiger partial charge in [-0.05, 0) is 56.3 Å². The predicted molar refractivity (Wildman–Crippen MR) is 56.9 cm³/mol. The highest BCUT2D eigenvalue weighted by molar-refractivity contribution is 5.13. The van der Waals surface area contributed by atoms with Gasteiger partial charge in [0.1, 0.15) is 0 Å². The molecule has 0 aromatic rings. The van der Waals surface area contributed by atoms with Gasteiger partial charge >= 0.3 is 0 Å². The molecule has 3 rings (SSSR count). The Morgan fingerprint density at radius 1 is 1.21 bits per heavy atom. The number of rotatable bonds is 2. The molecule has 3 aliphatic carbocycles. The van der Waals surface area contributed by atoms with Crippen molar-refractivity contribution in [1.29, 1.82) is 0 Å². The maximum atomic E-state index is 9.43. The highest BCUT2D eigenvalue weighted by Crippen LogP contribution is 2.50. The molecule has 1 heteroatoms. The van der Waals surface area contributed by atoms with Gasteiger partial charge in [-0.3, -0.25) is 0 Å². The van der Waals surface area contributed by atoms with Crippen LogP contribution in [0, 0.1) is 17.8 Å². The fraction of sp³-hybridized carbons (Fsp3) is 0.846. The van der Waals surface area contributed by atoms with E-state index in [1.165, 1.54) is 32.1 Å². The third-order valence-corrected chi connectivity index (χ3v) is 4.60. The Labute approximate surface area is 86.2 Å². The van der Waals surface area contributed by atoms with Crippen LogP contribution >= 0.6 is 0 Å². The monoisotopic (exact) mass is 192 g/mol. The zero-order chi connectivity index (χ0) is 9.54. The third kappa shape index (κ3) is 1.52. The molecule has 0 aromatic heterocycles. The molecule has 78 valence electrons. The molecule has 0 saturated heterocycles. The van der Waals surface area contributed by atoms with Gasteiger partial charge in [0.15, 0.2) is 0 Å². The summed E-state index contributed by atoms with van der Waals surface area (Å²) in [5.41, 5.74) is 1.55. The molecule has 2 bridgehead atoms. The van der Waals surface area contributed by atoms with Crippen molar-refractivity contribution in [3.8, 4) is 0 Å². The number of hydrogen-bond acceptors (Lipinski definition) is 1. The summed E-state index contributed by atoms with van der Waals surface area (Å²) in [6.07, 6.45) is 11.4. The van der Waals surface area contributed by atoms with Crippen molar-refractivity contribution >= 4 is 0 Å². The summed E-state index contributed by atoms with van der Waals surface area (Å²) in [6, 6.07) is 0. The second-order valence-electron chi connectivity index (χ2n) is 5.57. The first-order chi connectivity index (χ1) is 6.81. The average Bonchev–Trinajstić information content (AvgIpc) is 2.82. The van der Waals surface area contributed by atoms with Crippen LogP contribution in [0.25, 0.3) is 0 Å². The molecular formula is C13H20O. The van der Waals surface area contributed by atoms with E-state index < -0.39 is 0 Å². The fourth-order valence-electron chi connectivity index (χ4n) is 3.91. The summed E-state index contributed by atoms with van der Waals surface area (Å²) in [5, 5.41) is 9.43. The summed E-state index contributed by atoms with van der Waals surface area (Å²) >= 11 is 0. The van der Waals surface area contributed by atoms with E-state index in [0.29, 0.717) is 0 Å². The van der Waals surface area contributed by atoms with E-state index in [-0.39, 0.29) is 6.10 Å². The van der Waals surface area contributed by atoms with Crippen LogP contribution in [0.5, 0.6) is 0 Å². The molecule has 4 unspecified atom stereocenters. The van der Waals surface area contributed by atoms with E-state index in [4.69, 9.17) is 0 Å². The Hall–Kier alpha value is -0.300. The standard InChI is InChI=1S/C13H20O/c14-13-4-2-10(8-13)7-12-6-9-1-3-11(12)5-9/h8-9,11-14H,1-7H2. The second kappa shape index (κ2) is 3.37. The van der Waals surface area contributed by atoms with Crippen molar-refractivity contribution < 1.29 is 5.11 Å². The van der Waals surface area contributed by atoms with Crippen LogP contribution in [0.1, 0.15) is 44.9 Å². The zero-order valence-electron chi connectivity index (χ0n) is 8.78. The molecule has 2 fully saturated rings. The molecule has 3 aliphatic rings. The lowest BCUT2D eigenvalue weighted by Crippen LogP contribution is -2.10. The SMILES string of the molecule is OC1C=C(CC2CC3CCC2C3)CC1. The Morgan fingerprint density at radius 2 is 2.14 bits per heavy atom. The topological polar surface area (TPSA) is 20.2 Å². The summed E-state index contributed by atoms with van der Waals surface area (Å²) in [4.78, 5) is 0. The Morgan fingerprint density at radius 3 is 2.71 bits per heavy atom. The van der Waals surface area contributed by atoms with Crippen LogP contribution < -0.4 is 0 Å². The summed E-state index contributed by atoms with van der Waals surface area (Å²) in [7, 11) is 0. The normalized spacial score (nSPS) is 45.9. The van der Waals surface area contributed by atoms with E-state index in [2.05, 4.69) is 6.08 Å². The number of allylic oxidation sites excluding steroid dienone is 1. The molecule has 0 aliphatic heterocycles. The molecular weight excluding hydrogens is 172 g/mol. The van der Waals surface area contributed by atoms with Crippen molar-refractivity contribution in [2.45, 2.75) is 51.0 Å². The third-order valence-electron chi connectivity index (χ3n) is 4.60. The lowest BCUT2D eigenvalue weighted by molar-refractivity contribution is 0.223. The smallest absolute Gasteiger partial charge is 0.0726 e. The van der Waals surface area contributed by atoms with E-state index in [1.54, 1.807) is 5.57 Å². The first-order valence-electron chi connectivity index (χ1n) is 6.19. The first-order valence-corrected chi connectivity index (χ1v) is 6.19. The summed E-state index contributed by atoms with van der Waals surface area (Å²) in [6.45, 7) is 0. The molecule has 0 aromatic carbocycles. The summed E-state index contributed by atoms with van der Waals surface area (Å²) < 4.78 is 0. The van der Waals surface area contributed by atoms with Crippen LogP contribution in [0.15, 0.2) is 11.6 Å². The van der Waals surface area contributed by atoms with Crippen LogP contribution in [-0.4, -0.2) is 11.2 Å². The molecule has 1 nitrogen and oxygen atoms in total. The van der Waals surface area contributed by atoms with E-state index in [9.17, 15) is 5.11 Å². The largest absolute Gasteiger partial charge is 0.389 e. The zero-order valence-corrected chi connectivity index (χ0v) is 8.78. The molecule has 0 spiro atoms. The minimum atomic E-state index is -0.122. The van der Waals surface area contributed by atoms with Gasteiger partial charge in [0.05, 0.1) is 6.10 Å². The molecule has 1 N–H and O–H groups in total. The van der Waals surface area contributed by atoms with Crippen LogP contribution in [-0.2, 0) is 0 Å². The Bertz CT molecular complexity index is 256. The van der Waals surface area contributed by atoms with Crippen molar-refractivity contribution in [3.63, 3.8) is 0 Å². The quantitative estimate of drug-likeness (QED) is 0.667. The lowest BCUT2D eigenvalue weighted by atomic mass is 9.84. The minimum Gasteiger partial charge on any atom is -0.389 e. The molecule has 0 amide bonds. The van der Waals surface area contributed by atoms with Crippen molar-refractivity contribution in [3.05, 3.63) is 11.6 Å². The van der Waals surface area contributed by atoms with Crippen molar-refractivity contribution in [2.75, 3.05) is 0 Å². The number of fused-ring (bicyclic) bond motifs is 2. The molecule has 2 saturated carbocycles. The highest BCUT2D eigenvalue weighted by Gasteiger charge is 2.39. The van der Waals surface area contributed by atoms with E-state index >= 15 is 0 Å². The van der Waals surface area contributed by atoms with Gasteiger partial charge in [0.25, 0.3) is 0 Å². The van der Waals surface area contributed by atoms with Gasteiger partial charge in [0, 0.05) is 0 Å². The number of aliphatic hydroxyl groups excluding tert-OH is 1. The van der Waals surface area contributed by atoms with E-state index in [0.717, 1.165) is 30.6 Å². The van der Waals surface area contributed by atoms with Crippen molar-refractivity contribution in [2.24, 2.45) is 17.8 Å². The fourth-order valence-corrected chi connectivity index (χ4v) is 3.91.